The quantitative estimate of drug-likeness (QED) is 0.0407. The van der Waals surface area contributed by atoms with E-state index in [2.05, 4.69) is 20.1 Å². The van der Waals surface area contributed by atoms with Crippen LogP contribution in [-0.2, 0) is 60.9 Å². The summed E-state index contributed by atoms with van der Waals surface area (Å²) >= 11 is 0. The molecule has 6 aromatic rings. The van der Waals surface area contributed by atoms with Crippen LogP contribution in [-0.4, -0.2) is 211 Å². The SMILES string of the molecule is CC(=O)OCC(=O)[C@@]12CN(Cc3ccc4ccccc4n3)C[C@@H]1C[C@H]1[C@@H]3C[C@H](F)C4=CC(=O)C=C[C@]4(C)[C@@]3(F)[C@@H](O)C[C@@]12C.CC(=O)OCC(=O)[C@@]12CNC[C@@H]1C[C@H]1[C@@H]3C[C@H](F)C4=CC(=O)C=C[C@]4(C)[C@@]3(F)[C@@H](O)C[C@@]12C.C[C@]12C=CC(=O)C=C1[C@@H](F)C[C@H]1[C@@H]3C[C@H]4CN(Cc5ccc6ccccc6n5)C[C@@]4(C(=O)CO)[C@@]3(C)C[C@H](O)[C@@]12F.Cl.O=Cc1ccc2ccccc2n1. The fourth-order valence-corrected chi connectivity index (χ4v) is 29.9. The van der Waals surface area contributed by atoms with Gasteiger partial charge in [-0.15, -0.1) is 12.4 Å². The number of esters is 2. The highest BCUT2D eigenvalue weighted by molar-refractivity contribution is 6.03. The van der Waals surface area contributed by atoms with E-state index in [4.69, 9.17) is 19.4 Å². The number of ether oxygens (including phenoxy) is 2. The van der Waals surface area contributed by atoms with Crippen LogP contribution in [0.25, 0.3) is 32.7 Å². The van der Waals surface area contributed by atoms with Crippen LogP contribution in [0.2, 0.25) is 0 Å². The lowest BCUT2D eigenvalue weighted by Crippen LogP contribution is -2.69. The van der Waals surface area contributed by atoms with Gasteiger partial charge in [0, 0.05) is 110 Å². The number of aromatic nitrogens is 3. The number of benzene rings is 3. The Morgan fingerprint density at radius 3 is 1.18 bits per heavy atom. The highest BCUT2D eigenvalue weighted by Crippen LogP contribution is 2.79. The highest BCUT2D eigenvalue weighted by atomic mass is 35.5. The number of Topliss-reactive ketones (excluding diaryl/α,β-unsaturated/α-hetero) is 3. The number of ketones is 6. The van der Waals surface area contributed by atoms with E-state index in [0.29, 0.717) is 77.3 Å². The molecule has 3 aromatic carbocycles. The van der Waals surface area contributed by atoms with Crippen LogP contribution < -0.4 is 5.32 Å². The number of aldehydes is 1. The van der Waals surface area contributed by atoms with Crippen LogP contribution in [0.5, 0.6) is 0 Å². The summed E-state index contributed by atoms with van der Waals surface area (Å²) in [5.74, 6) is -7.10. The van der Waals surface area contributed by atoms with Gasteiger partial charge in [-0.2, -0.15) is 0 Å². The minimum atomic E-state index is -2.21. The molecule has 27 atom stereocenters. The summed E-state index contributed by atoms with van der Waals surface area (Å²) in [5, 5.41) is 51.5. The average molecular weight is 1820 g/mol. The van der Waals surface area contributed by atoms with Crippen LogP contribution in [0.4, 0.5) is 26.3 Å². The number of carbonyl (C=O) groups is 9. The predicted octanol–water partition coefficient (Wildman–Crippen LogP) is 13.6. The van der Waals surface area contributed by atoms with Gasteiger partial charge >= 0.3 is 11.9 Å². The van der Waals surface area contributed by atoms with Crippen LogP contribution in [0, 0.1) is 102 Å². The molecule has 131 heavy (non-hydrogen) atoms. The number of likely N-dealkylation sites (tertiary alicyclic amines) is 2. The van der Waals surface area contributed by atoms with Gasteiger partial charge in [-0.05, 0) is 226 Å². The molecule has 5 N–H and O–H groups in total. The standard InChI is InChI=1S/C35H38F2N2O5.C33H36F2N2O4.C25H31F2NO5.C10H7NO.ClH/c1-20(40)44-18-31(43)34-19-39(17-23-9-8-21-6-4-5-7-29(21)38-23)16-22(34)12-25-26-14-28(36)27-13-24(41)10-11-32(27,2)35(26,37)30(42)15-33(25,34)3;1-30-10-9-22(39)12-25(30)26(34)13-24-23-11-20-15-37(16-21-8-7-19-5-3-4-6-27(19)36-21)18-32(20,29(41)17-38)31(23,2)14-28(40)33(24,30)35;1-13(29)33-11-21(32)24-12-28-10-14(24)6-16-17-8-19(26)18-7-15(30)4-5-22(18,2)25(17,27)20(31)9-23(16,24)3;12-7-9-6-5-8-3-1-2-4-10(8)11-9;/h4-11,13,22,25-26,28,30,42H,12,14-19H2,1-3H3;3-10,12,20,23-24,26,28,38,40H,11,13-18H2,1-2H3;4-5,7,14,16-17,19-20,28,31H,6,8-12H2,1-3H3;1-7H;1H/t22-,25-,26-,28-,30-,32-,33-,34+,35-;20-,23-,24-,26-,28-,30-,31-,32+,33-;14-,16-,17-,19-,20-,22-,23-,24+,25-;;/m000../s1. The summed E-state index contributed by atoms with van der Waals surface area (Å²) in [6.07, 6.45) is 4.61. The van der Waals surface area contributed by atoms with Crippen molar-refractivity contribution in [2.75, 3.05) is 59.1 Å². The van der Waals surface area contributed by atoms with Crippen molar-refractivity contribution in [3.8, 4) is 0 Å². The maximum absolute atomic E-state index is 17.7. The number of aliphatic hydroxyl groups excluding tert-OH is 4. The molecule has 21 rings (SSSR count). The molecule has 12 aliphatic carbocycles. The Kier molecular flexibility index (Phi) is 23.7. The smallest absolute Gasteiger partial charge is 0.303 e. The lowest BCUT2D eigenvalue weighted by Gasteiger charge is -2.63. The fraction of sp³-hybridized carbons (Fsp3) is 0.534. The van der Waals surface area contributed by atoms with Crippen molar-refractivity contribution in [3.63, 3.8) is 0 Å². The minimum absolute atomic E-state index is 0. The van der Waals surface area contributed by atoms with E-state index in [9.17, 15) is 63.6 Å². The van der Waals surface area contributed by atoms with Crippen molar-refractivity contribution in [1.82, 2.24) is 30.1 Å². The molecule has 3 saturated heterocycles. The predicted molar refractivity (Wildman–Crippen MR) is 476 cm³/mol. The number of para-hydroxylation sites is 3. The number of allylic oxidation sites excluding steroid dienone is 12. The largest absolute Gasteiger partial charge is 0.458 e. The molecule has 28 heteroatoms. The minimum Gasteiger partial charge on any atom is -0.458 e. The maximum atomic E-state index is 17.7. The zero-order valence-corrected chi connectivity index (χ0v) is 75.5. The molecule has 6 heterocycles. The van der Waals surface area contributed by atoms with Gasteiger partial charge in [-0.25, -0.2) is 31.3 Å². The summed E-state index contributed by atoms with van der Waals surface area (Å²) in [6.45, 7) is 15.5. The number of pyridine rings is 3. The average Bonchev–Trinajstić information content (AvgIpc) is 1.59. The molecule has 694 valence electrons. The van der Waals surface area contributed by atoms with E-state index >= 15 is 26.3 Å². The number of nitrogens with one attached hydrogen (secondary N) is 1. The van der Waals surface area contributed by atoms with E-state index in [-0.39, 0.29) is 139 Å². The first-order valence-corrected chi connectivity index (χ1v) is 45.6. The number of aliphatic hydroxyl groups is 4. The van der Waals surface area contributed by atoms with E-state index in [1.807, 2.05) is 124 Å². The molecule has 0 radical (unpaired) electrons. The van der Waals surface area contributed by atoms with Gasteiger partial charge in [0.05, 0.1) is 62.5 Å². The second-order valence-electron chi connectivity index (χ2n) is 41.3. The number of nitrogens with zero attached hydrogens (tertiary/aromatic N) is 5. The van der Waals surface area contributed by atoms with Crippen molar-refractivity contribution in [1.29, 1.82) is 0 Å². The molecule has 9 saturated carbocycles. The maximum Gasteiger partial charge on any atom is 0.303 e. The lowest BCUT2D eigenvalue weighted by molar-refractivity contribution is -0.212. The summed E-state index contributed by atoms with van der Waals surface area (Å²) in [6, 6.07) is 35.1. The molecule has 0 bridgehead atoms. The van der Waals surface area contributed by atoms with Gasteiger partial charge in [0.15, 0.2) is 71.2 Å². The number of fused-ring (bicyclic) bond motifs is 24. The van der Waals surface area contributed by atoms with Crippen LogP contribution >= 0.6 is 12.4 Å². The van der Waals surface area contributed by atoms with Gasteiger partial charge in [0.2, 0.25) is 0 Å². The summed E-state index contributed by atoms with van der Waals surface area (Å²) < 4.78 is 110. The molecule has 0 spiro atoms. The topological polar surface area (TPSA) is 310 Å². The summed E-state index contributed by atoms with van der Waals surface area (Å²) in [4.78, 5) is 130. The summed E-state index contributed by atoms with van der Waals surface area (Å²) in [5.41, 5.74) is -11.3. The van der Waals surface area contributed by atoms with E-state index in [0.717, 1.165) is 50.4 Å². The van der Waals surface area contributed by atoms with Gasteiger partial charge < -0.3 is 35.2 Å². The first kappa shape index (κ1) is 93.4. The molecule has 3 aromatic heterocycles. The normalized spacial score (nSPS) is 40.9. The van der Waals surface area contributed by atoms with E-state index in [1.54, 1.807) is 26.8 Å². The summed E-state index contributed by atoms with van der Waals surface area (Å²) in [7, 11) is 0. The Labute approximate surface area is 762 Å². The number of alkyl halides is 6. The van der Waals surface area contributed by atoms with Crippen LogP contribution in [0.3, 0.4) is 0 Å². The second-order valence-corrected chi connectivity index (χ2v) is 41.3. The monoisotopic (exact) mass is 1820 g/mol. The number of hydrogen-bond acceptors (Lipinski definition) is 21. The molecular formula is C103H113ClF6N6O15. The number of halogens is 7. The number of carbonyl (C=O) groups excluding carboxylic acids is 9. The Morgan fingerprint density at radius 1 is 0.466 bits per heavy atom. The van der Waals surface area contributed by atoms with Gasteiger partial charge in [-0.3, -0.25) is 62.9 Å². The van der Waals surface area contributed by atoms with Gasteiger partial charge in [0.25, 0.3) is 0 Å². The van der Waals surface area contributed by atoms with Crippen molar-refractivity contribution in [2.45, 2.75) is 180 Å². The third-order valence-corrected chi connectivity index (χ3v) is 35.8. The van der Waals surface area contributed by atoms with Gasteiger partial charge in [-0.1, -0.05) is 112 Å². The van der Waals surface area contributed by atoms with Gasteiger partial charge in [0.1, 0.15) is 30.8 Å². The highest BCUT2D eigenvalue weighted by Gasteiger charge is 2.82. The Bertz CT molecular complexity index is 5930. The lowest BCUT2D eigenvalue weighted by atomic mass is 9.43. The second kappa shape index (κ2) is 33.3. The van der Waals surface area contributed by atoms with E-state index in [1.165, 1.54) is 68.5 Å². The molecule has 0 amide bonds. The third-order valence-electron chi connectivity index (χ3n) is 35.8. The van der Waals surface area contributed by atoms with Crippen LogP contribution in [0.1, 0.15) is 135 Å². The molecule has 0 unspecified atom stereocenters. The van der Waals surface area contributed by atoms with Crippen molar-refractivity contribution in [3.05, 3.63) is 198 Å². The molecule has 21 nitrogen and oxygen atoms in total. The molecular weight excluding hydrogens is 1710 g/mol. The Morgan fingerprint density at radius 2 is 0.809 bits per heavy atom. The Hall–Kier alpha value is -9.45. The zero-order chi connectivity index (χ0) is 92.5. The van der Waals surface area contributed by atoms with Crippen molar-refractivity contribution < 1.29 is 99.4 Å². The van der Waals surface area contributed by atoms with E-state index < -0.39 is 151 Å². The molecule has 3 aliphatic heterocycles. The van der Waals surface area contributed by atoms with Crippen molar-refractivity contribution >= 4 is 98.0 Å². The van der Waals surface area contributed by atoms with Crippen molar-refractivity contribution in [2.24, 2.45) is 102 Å². The zero-order valence-electron chi connectivity index (χ0n) is 74.7. The van der Waals surface area contributed by atoms with Crippen LogP contribution in [0.15, 0.2) is 181 Å². The number of hydrogen-bond donors (Lipinski definition) is 5. The molecule has 12 fully saturated rings. The first-order chi connectivity index (χ1) is 61.6. The number of rotatable bonds is 13. The molecule has 15 aliphatic rings. The first-order valence-electron chi connectivity index (χ1n) is 45.6. The third kappa shape index (κ3) is 13.6. The Balaban J connectivity index is 0.000000129. The fourth-order valence-electron chi connectivity index (χ4n) is 29.9.